The summed E-state index contributed by atoms with van der Waals surface area (Å²) >= 11 is 0. The lowest BCUT2D eigenvalue weighted by atomic mass is 9.87. The van der Waals surface area contributed by atoms with E-state index < -0.39 is 23.6 Å². The average Bonchev–Trinajstić information content (AvgIpc) is 3.21. The number of aryl methyl sites for hydroxylation is 1. The third-order valence-corrected chi connectivity index (χ3v) is 8.97. The fraction of sp³-hybridized carbons (Fsp3) is 0.688. The van der Waals surface area contributed by atoms with E-state index in [1.54, 1.807) is 16.2 Å². The Balaban J connectivity index is 1.10. The van der Waals surface area contributed by atoms with Gasteiger partial charge in [-0.3, -0.25) is 28.9 Å². The van der Waals surface area contributed by atoms with Crippen molar-refractivity contribution < 1.29 is 23.9 Å². The largest absolute Gasteiger partial charge is 0.444 e. The molecule has 1 aromatic heterocycles. The van der Waals surface area contributed by atoms with Crippen LogP contribution in [0.3, 0.4) is 0 Å². The SMILES string of the molecule is CC(COC1CCC(CN2CCN(c3cccc4c3n(C)c(=O)n4C3CCC(=O)NC3=O)CC2)CC1)NC(=O)OC(C)(C)C. The van der Waals surface area contributed by atoms with Crippen molar-refractivity contribution in [1.82, 2.24) is 24.7 Å². The first-order valence-electron chi connectivity index (χ1n) is 16.0. The highest BCUT2D eigenvalue weighted by atomic mass is 16.6. The van der Waals surface area contributed by atoms with Gasteiger partial charge in [0.1, 0.15) is 11.6 Å². The number of alkyl carbamates (subject to hydrolysis) is 1. The average molecular weight is 613 g/mol. The Labute approximate surface area is 259 Å². The summed E-state index contributed by atoms with van der Waals surface area (Å²) < 4.78 is 14.6. The van der Waals surface area contributed by atoms with Crippen LogP contribution in [-0.2, 0) is 26.1 Å². The van der Waals surface area contributed by atoms with Gasteiger partial charge in [0.25, 0.3) is 0 Å². The highest BCUT2D eigenvalue weighted by molar-refractivity contribution is 6.00. The number of anilines is 1. The number of imidazole rings is 1. The van der Waals surface area contributed by atoms with Gasteiger partial charge in [0.2, 0.25) is 11.8 Å². The molecule has 2 atom stereocenters. The van der Waals surface area contributed by atoms with Gasteiger partial charge in [0, 0.05) is 46.2 Å². The summed E-state index contributed by atoms with van der Waals surface area (Å²) in [5.74, 6) is -0.0652. The van der Waals surface area contributed by atoms with Gasteiger partial charge in [-0.2, -0.15) is 0 Å². The van der Waals surface area contributed by atoms with Crippen molar-refractivity contribution in [3.05, 3.63) is 28.7 Å². The van der Waals surface area contributed by atoms with Crippen molar-refractivity contribution in [1.29, 1.82) is 0 Å². The van der Waals surface area contributed by atoms with Gasteiger partial charge in [0.05, 0.1) is 35.5 Å². The second kappa shape index (κ2) is 13.3. The number of hydrogen-bond acceptors (Lipinski definition) is 8. The van der Waals surface area contributed by atoms with E-state index in [9.17, 15) is 19.2 Å². The van der Waals surface area contributed by atoms with Crippen LogP contribution < -0.4 is 21.2 Å². The molecule has 1 aromatic carbocycles. The predicted octanol–water partition coefficient (Wildman–Crippen LogP) is 2.93. The Morgan fingerprint density at radius 1 is 1.05 bits per heavy atom. The van der Waals surface area contributed by atoms with Crippen molar-refractivity contribution in [3.8, 4) is 0 Å². The maximum absolute atomic E-state index is 13.3. The maximum Gasteiger partial charge on any atom is 0.407 e. The number of ether oxygens (including phenoxy) is 2. The first-order valence-corrected chi connectivity index (χ1v) is 16.0. The van der Waals surface area contributed by atoms with E-state index in [1.807, 2.05) is 39.8 Å². The topological polar surface area (TPSA) is 127 Å². The van der Waals surface area contributed by atoms with E-state index in [4.69, 9.17) is 9.47 Å². The first kappa shape index (κ1) is 32.0. The van der Waals surface area contributed by atoms with Crippen LogP contribution in [0.15, 0.2) is 23.0 Å². The minimum Gasteiger partial charge on any atom is -0.444 e. The number of nitrogens with one attached hydrogen (secondary N) is 2. The number of carbonyl (C=O) groups excluding carboxylic acids is 3. The summed E-state index contributed by atoms with van der Waals surface area (Å²) in [6, 6.07) is 5.09. The quantitative estimate of drug-likeness (QED) is 0.436. The molecule has 12 nitrogen and oxygen atoms in total. The predicted molar refractivity (Wildman–Crippen MR) is 168 cm³/mol. The Morgan fingerprint density at radius 3 is 2.41 bits per heavy atom. The number of piperazine rings is 1. The normalized spacial score (nSPS) is 24.3. The highest BCUT2D eigenvalue weighted by Gasteiger charge is 2.33. The molecule has 12 heteroatoms. The Kier molecular flexibility index (Phi) is 9.69. The van der Waals surface area contributed by atoms with Crippen LogP contribution in [0, 0.1) is 5.92 Å². The van der Waals surface area contributed by atoms with Gasteiger partial charge in [0.15, 0.2) is 0 Å². The molecule has 3 heterocycles. The molecule has 1 saturated carbocycles. The number of nitrogens with zero attached hydrogens (tertiary/aromatic N) is 4. The van der Waals surface area contributed by atoms with Gasteiger partial charge in [-0.05, 0) is 77.8 Å². The fourth-order valence-corrected chi connectivity index (χ4v) is 6.75. The summed E-state index contributed by atoms with van der Waals surface area (Å²) in [7, 11) is 1.76. The summed E-state index contributed by atoms with van der Waals surface area (Å²) in [6.45, 7) is 12.6. The number of hydrogen-bond donors (Lipinski definition) is 2. The Bertz CT molecular complexity index is 1410. The number of piperidine rings is 1. The molecular formula is C32H48N6O6. The minimum atomic E-state index is -0.686. The van der Waals surface area contributed by atoms with Crippen LogP contribution in [0.2, 0.25) is 0 Å². The molecule has 5 rings (SSSR count). The summed E-state index contributed by atoms with van der Waals surface area (Å²) in [5, 5.41) is 5.23. The van der Waals surface area contributed by atoms with Crippen LogP contribution in [0.1, 0.15) is 72.3 Å². The molecule has 0 spiro atoms. The van der Waals surface area contributed by atoms with Crippen molar-refractivity contribution >= 4 is 34.6 Å². The second-order valence-electron chi connectivity index (χ2n) is 13.6. The van der Waals surface area contributed by atoms with Gasteiger partial charge < -0.3 is 19.7 Å². The third kappa shape index (κ3) is 7.46. The number of benzene rings is 1. The highest BCUT2D eigenvalue weighted by Crippen LogP contribution is 2.31. The molecule has 3 aliphatic rings. The Morgan fingerprint density at radius 2 is 1.75 bits per heavy atom. The molecular weight excluding hydrogens is 564 g/mol. The number of aromatic nitrogens is 2. The summed E-state index contributed by atoms with van der Waals surface area (Å²) in [6.07, 6.45) is 4.69. The molecule has 0 bridgehead atoms. The van der Waals surface area contributed by atoms with Crippen LogP contribution in [-0.4, -0.2) is 89.0 Å². The number of rotatable bonds is 8. The third-order valence-electron chi connectivity index (χ3n) is 8.97. The van der Waals surface area contributed by atoms with Gasteiger partial charge in [-0.1, -0.05) is 6.07 Å². The maximum atomic E-state index is 13.3. The molecule has 2 N–H and O–H groups in total. The van der Waals surface area contributed by atoms with Gasteiger partial charge in [-0.25, -0.2) is 9.59 Å². The Hall–Kier alpha value is -3.38. The van der Waals surface area contributed by atoms with E-state index in [2.05, 4.69) is 26.5 Å². The number of imide groups is 1. The summed E-state index contributed by atoms with van der Waals surface area (Å²) in [4.78, 5) is 54.5. The zero-order valence-corrected chi connectivity index (χ0v) is 26.8. The lowest BCUT2D eigenvalue weighted by Gasteiger charge is -2.39. The van der Waals surface area contributed by atoms with Crippen LogP contribution in [0.25, 0.3) is 11.0 Å². The van der Waals surface area contributed by atoms with Crippen molar-refractivity contribution in [3.63, 3.8) is 0 Å². The lowest BCUT2D eigenvalue weighted by Crippen LogP contribution is -2.48. The zero-order valence-electron chi connectivity index (χ0n) is 26.8. The molecule has 2 aromatic rings. The van der Waals surface area contributed by atoms with Crippen molar-refractivity contribution in [2.45, 2.75) is 90.0 Å². The number of amides is 3. The van der Waals surface area contributed by atoms with Crippen LogP contribution in [0.5, 0.6) is 0 Å². The van der Waals surface area contributed by atoms with Gasteiger partial charge >= 0.3 is 11.8 Å². The fourth-order valence-electron chi connectivity index (χ4n) is 6.75. The van der Waals surface area contributed by atoms with Gasteiger partial charge in [-0.15, -0.1) is 0 Å². The lowest BCUT2D eigenvalue weighted by molar-refractivity contribution is -0.135. The first-order chi connectivity index (χ1) is 20.9. The molecule has 3 fully saturated rings. The standard InChI is InChI=1S/C32H48N6O6/c1-21(33-30(41)44-32(2,3)4)20-43-23-11-9-22(10-12-23)19-36-15-17-37(18-16-36)24-7-6-8-25-28(24)35(5)31(42)38(25)26-13-14-27(39)34-29(26)40/h6-8,21-23,26H,9-20H2,1-5H3,(H,33,41)(H,34,39,40). The number of fused-ring (bicyclic) bond motifs is 1. The monoisotopic (exact) mass is 612 g/mol. The number of carbonyl (C=O) groups is 3. The second-order valence-corrected chi connectivity index (χ2v) is 13.6. The molecule has 2 unspecified atom stereocenters. The minimum absolute atomic E-state index is 0.108. The molecule has 2 saturated heterocycles. The molecule has 242 valence electrons. The molecule has 44 heavy (non-hydrogen) atoms. The van der Waals surface area contributed by atoms with E-state index in [1.165, 1.54) is 0 Å². The molecule has 0 radical (unpaired) electrons. The van der Waals surface area contributed by atoms with Crippen LogP contribution in [0.4, 0.5) is 10.5 Å². The van der Waals surface area contributed by atoms with E-state index in [0.717, 1.165) is 75.1 Å². The molecule has 1 aliphatic carbocycles. The molecule has 2 aliphatic heterocycles. The number of para-hydroxylation sites is 1. The van der Waals surface area contributed by atoms with E-state index in [-0.39, 0.29) is 30.2 Å². The summed E-state index contributed by atoms with van der Waals surface area (Å²) in [5.41, 5.74) is 1.79. The van der Waals surface area contributed by atoms with Crippen molar-refractivity contribution in [2.75, 3.05) is 44.2 Å². The van der Waals surface area contributed by atoms with E-state index >= 15 is 0 Å². The zero-order chi connectivity index (χ0) is 31.6. The van der Waals surface area contributed by atoms with Crippen LogP contribution >= 0.6 is 0 Å². The molecule has 3 amide bonds. The van der Waals surface area contributed by atoms with Crippen molar-refractivity contribution in [2.24, 2.45) is 13.0 Å². The smallest absolute Gasteiger partial charge is 0.407 e. The van der Waals surface area contributed by atoms with E-state index in [0.29, 0.717) is 18.9 Å².